The highest BCUT2D eigenvalue weighted by molar-refractivity contribution is 6.16. The van der Waals surface area contributed by atoms with Crippen molar-refractivity contribution < 1.29 is 24.2 Å². The van der Waals surface area contributed by atoms with E-state index in [1.165, 1.54) is 12.0 Å². The molecule has 174 valence electrons. The number of carbonyl (C=O) groups excluding carboxylic acids is 3. The summed E-state index contributed by atoms with van der Waals surface area (Å²) in [6, 6.07) is 13.3. The fraction of sp³-hybridized carbons (Fsp3) is 0.370. The van der Waals surface area contributed by atoms with Crippen molar-refractivity contribution in [1.82, 2.24) is 0 Å². The Labute approximate surface area is 194 Å². The molecule has 0 radical (unpaired) electrons. The second kappa shape index (κ2) is 9.22. The second-order valence-electron chi connectivity index (χ2n) is 9.77. The lowest BCUT2D eigenvalue weighted by Gasteiger charge is -2.28. The predicted octanol–water partition coefficient (Wildman–Crippen LogP) is 5.29. The van der Waals surface area contributed by atoms with Crippen molar-refractivity contribution in [2.75, 3.05) is 12.0 Å². The molecule has 0 spiro atoms. The standard InChI is InChI=1S/C27H31NO5/c1-16(2)15-21(29)22-23(17-7-11-19(12-8-17)27(3,4)5)28(25(31)24(22)30)20-13-9-18(10-14-20)26(32)33-6/h7-14,16,23,30H,15H2,1-6H3. The fourth-order valence-electron chi connectivity index (χ4n) is 3.99. The lowest BCUT2D eigenvalue weighted by molar-refractivity contribution is -0.118. The van der Waals surface area contributed by atoms with Gasteiger partial charge in [0, 0.05) is 12.1 Å². The van der Waals surface area contributed by atoms with Crippen LogP contribution in [0.1, 0.15) is 68.6 Å². The number of hydrogen-bond donors (Lipinski definition) is 1. The number of ether oxygens (including phenoxy) is 1. The van der Waals surface area contributed by atoms with Crippen molar-refractivity contribution in [1.29, 1.82) is 0 Å². The Hall–Kier alpha value is -3.41. The molecule has 1 heterocycles. The Morgan fingerprint density at radius 3 is 2.09 bits per heavy atom. The number of amides is 1. The topological polar surface area (TPSA) is 83.9 Å². The number of esters is 1. The van der Waals surface area contributed by atoms with Gasteiger partial charge in [-0.1, -0.05) is 58.9 Å². The second-order valence-corrected chi connectivity index (χ2v) is 9.77. The van der Waals surface area contributed by atoms with E-state index in [9.17, 15) is 19.5 Å². The zero-order valence-corrected chi connectivity index (χ0v) is 20.0. The first-order valence-corrected chi connectivity index (χ1v) is 11.0. The van der Waals surface area contributed by atoms with E-state index in [1.54, 1.807) is 24.3 Å². The summed E-state index contributed by atoms with van der Waals surface area (Å²) in [6.07, 6.45) is 0.221. The van der Waals surface area contributed by atoms with Crippen LogP contribution in [0.15, 0.2) is 59.9 Å². The van der Waals surface area contributed by atoms with Crippen molar-refractivity contribution >= 4 is 23.3 Å². The van der Waals surface area contributed by atoms with Crippen LogP contribution < -0.4 is 4.90 Å². The lowest BCUT2D eigenvalue weighted by Crippen LogP contribution is -2.31. The van der Waals surface area contributed by atoms with E-state index in [1.807, 2.05) is 38.1 Å². The maximum absolute atomic E-state index is 13.2. The van der Waals surface area contributed by atoms with Gasteiger partial charge in [0.2, 0.25) is 0 Å². The van der Waals surface area contributed by atoms with Gasteiger partial charge in [0.15, 0.2) is 11.5 Å². The van der Waals surface area contributed by atoms with Gasteiger partial charge in [0.1, 0.15) is 0 Å². The predicted molar refractivity (Wildman–Crippen MR) is 127 cm³/mol. The summed E-state index contributed by atoms with van der Waals surface area (Å²) < 4.78 is 4.74. The molecule has 33 heavy (non-hydrogen) atoms. The van der Waals surface area contributed by atoms with E-state index in [0.717, 1.165) is 11.1 Å². The van der Waals surface area contributed by atoms with Crippen LogP contribution in [0.4, 0.5) is 5.69 Å². The van der Waals surface area contributed by atoms with Gasteiger partial charge in [-0.25, -0.2) is 4.79 Å². The van der Waals surface area contributed by atoms with Crippen LogP contribution in [0.3, 0.4) is 0 Å². The molecular formula is C27H31NO5. The normalized spacial score (nSPS) is 16.5. The maximum Gasteiger partial charge on any atom is 0.337 e. The Kier molecular flexibility index (Phi) is 6.77. The number of hydrogen-bond acceptors (Lipinski definition) is 5. The summed E-state index contributed by atoms with van der Waals surface area (Å²) in [5, 5.41) is 10.8. The number of ketones is 1. The minimum atomic E-state index is -0.762. The van der Waals surface area contributed by atoms with E-state index >= 15 is 0 Å². The van der Waals surface area contributed by atoms with Crippen molar-refractivity contribution in [2.24, 2.45) is 5.92 Å². The Balaban J connectivity index is 2.11. The molecule has 0 fully saturated rings. The fourth-order valence-corrected chi connectivity index (χ4v) is 3.99. The van der Waals surface area contributed by atoms with Gasteiger partial charge in [-0.05, 0) is 46.7 Å². The van der Waals surface area contributed by atoms with Crippen LogP contribution in [0.25, 0.3) is 0 Å². The Bertz CT molecular complexity index is 1090. The molecular weight excluding hydrogens is 418 g/mol. The minimum Gasteiger partial charge on any atom is -0.503 e. The van der Waals surface area contributed by atoms with Gasteiger partial charge >= 0.3 is 5.97 Å². The molecule has 1 unspecified atom stereocenters. The molecule has 0 saturated carbocycles. The molecule has 1 N–H and O–H groups in total. The summed E-state index contributed by atoms with van der Waals surface area (Å²) in [5.74, 6) is -1.84. The molecule has 0 aliphatic carbocycles. The molecule has 2 aromatic rings. The van der Waals surface area contributed by atoms with Crippen LogP contribution in [-0.2, 0) is 19.7 Å². The highest BCUT2D eigenvalue weighted by Crippen LogP contribution is 2.42. The number of nitrogens with zero attached hydrogens (tertiary/aromatic N) is 1. The lowest BCUT2D eigenvalue weighted by atomic mass is 9.85. The average molecular weight is 450 g/mol. The third-order valence-corrected chi connectivity index (χ3v) is 5.76. The molecule has 6 nitrogen and oxygen atoms in total. The van der Waals surface area contributed by atoms with Crippen molar-refractivity contribution in [2.45, 2.75) is 52.5 Å². The average Bonchev–Trinajstić information content (AvgIpc) is 3.03. The number of anilines is 1. The molecule has 0 saturated heterocycles. The molecule has 0 aromatic heterocycles. The molecule has 1 amide bonds. The smallest absolute Gasteiger partial charge is 0.337 e. The van der Waals surface area contributed by atoms with E-state index in [2.05, 4.69) is 20.8 Å². The summed E-state index contributed by atoms with van der Waals surface area (Å²) in [6.45, 7) is 10.2. The highest BCUT2D eigenvalue weighted by Gasteiger charge is 2.44. The number of Topliss-reactive ketones (excluding diaryl/α,β-unsaturated/α-hetero) is 1. The van der Waals surface area contributed by atoms with E-state index in [0.29, 0.717) is 11.3 Å². The number of aliphatic hydroxyl groups excluding tert-OH is 1. The molecule has 3 rings (SSSR count). The molecule has 1 aliphatic rings. The Morgan fingerprint density at radius 1 is 1.03 bits per heavy atom. The van der Waals surface area contributed by atoms with Crippen molar-refractivity contribution in [3.63, 3.8) is 0 Å². The van der Waals surface area contributed by atoms with Gasteiger partial charge in [-0.15, -0.1) is 0 Å². The molecule has 1 atom stereocenters. The van der Waals surface area contributed by atoms with Crippen LogP contribution in [0.5, 0.6) is 0 Å². The molecule has 0 bridgehead atoms. The van der Waals surface area contributed by atoms with Crippen LogP contribution in [0.2, 0.25) is 0 Å². The zero-order valence-electron chi connectivity index (χ0n) is 20.0. The summed E-state index contributed by atoms with van der Waals surface area (Å²) in [4.78, 5) is 39.5. The SMILES string of the molecule is COC(=O)c1ccc(N2C(=O)C(O)=C(C(=O)CC(C)C)C2c2ccc(C(C)(C)C)cc2)cc1. The largest absolute Gasteiger partial charge is 0.503 e. The van der Waals surface area contributed by atoms with Gasteiger partial charge < -0.3 is 9.84 Å². The van der Waals surface area contributed by atoms with Gasteiger partial charge in [0.25, 0.3) is 5.91 Å². The first-order valence-electron chi connectivity index (χ1n) is 11.0. The number of carbonyl (C=O) groups is 3. The monoisotopic (exact) mass is 449 g/mol. The summed E-state index contributed by atoms with van der Waals surface area (Å²) in [7, 11) is 1.30. The van der Waals surface area contributed by atoms with Gasteiger partial charge in [0.05, 0.1) is 24.3 Å². The quantitative estimate of drug-likeness (QED) is 0.606. The highest BCUT2D eigenvalue weighted by atomic mass is 16.5. The number of aliphatic hydroxyl groups is 1. The summed E-state index contributed by atoms with van der Waals surface area (Å²) in [5.41, 5.74) is 2.71. The number of benzene rings is 2. The van der Waals surface area contributed by atoms with Crippen LogP contribution in [0, 0.1) is 5.92 Å². The van der Waals surface area contributed by atoms with Gasteiger partial charge in [-0.3, -0.25) is 14.5 Å². The first kappa shape index (κ1) is 24.2. The van der Waals surface area contributed by atoms with E-state index in [4.69, 9.17) is 4.74 Å². The molecule has 1 aliphatic heterocycles. The molecule has 2 aromatic carbocycles. The van der Waals surface area contributed by atoms with Crippen molar-refractivity contribution in [3.05, 3.63) is 76.6 Å². The maximum atomic E-state index is 13.2. The third kappa shape index (κ3) is 4.85. The van der Waals surface area contributed by atoms with E-state index in [-0.39, 0.29) is 29.1 Å². The first-order chi connectivity index (χ1) is 15.5. The zero-order chi connectivity index (χ0) is 24.5. The third-order valence-electron chi connectivity index (χ3n) is 5.76. The van der Waals surface area contributed by atoms with E-state index < -0.39 is 23.7 Å². The molecule has 6 heteroatoms. The number of rotatable bonds is 6. The summed E-state index contributed by atoms with van der Waals surface area (Å²) >= 11 is 0. The van der Waals surface area contributed by atoms with Crippen LogP contribution >= 0.6 is 0 Å². The van der Waals surface area contributed by atoms with Crippen LogP contribution in [-0.4, -0.2) is 29.9 Å². The number of methoxy groups -OCH3 is 1. The minimum absolute atomic E-state index is 0.0539. The van der Waals surface area contributed by atoms with Crippen molar-refractivity contribution in [3.8, 4) is 0 Å². The Morgan fingerprint density at radius 2 is 1.61 bits per heavy atom. The van der Waals surface area contributed by atoms with Gasteiger partial charge in [-0.2, -0.15) is 0 Å².